The molecule has 0 aliphatic rings. The highest BCUT2D eigenvalue weighted by atomic mass is 16.5. The number of amides is 1. The molecule has 94 valence electrons. The maximum absolute atomic E-state index is 11.4. The number of carbonyl (C=O) groups is 1. The zero-order chi connectivity index (χ0) is 12.6. The number of hydrogen-bond donors (Lipinski definition) is 2. The minimum absolute atomic E-state index is 0.302. The zero-order valence-corrected chi connectivity index (χ0v) is 10.1. The van der Waals surface area contributed by atoms with Gasteiger partial charge < -0.3 is 15.0 Å². The lowest BCUT2D eigenvalue weighted by atomic mass is 10.2. The summed E-state index contributed by atoms with van der Waals surface area (Å²) < 4.78 is 5.09. The van der Waals surface area contributed by atoms with Gasteiger partial charge in [0, 0.05) is 18.9 Å². The molecular weight excluding hydrogens is 228 g/mol. The van der Waals surface area contributed by atoms with E-state index in [9.17, 15) is 4.79 Å². The fourth-order valence-corrected chi connectivity index (χ4v) is 1.60. The van der Waals surface area contributed by atoms with E-state index in [4.69, 9.17) is 4.74 Å². The first kappa shape index (κ1) is 12.2. The number of alkyl carbamates (subject to hydrolysis) is 1. The molecule has 1 amide bonds. The van der Waals surface area contributed by atoms with Crippen LogP contribution in [0.5, 0.6) is 0 Å². The van der Waals surface area contributed by atoms with E-state index >= 15 is 0 Å². The molecule has 4 heteroatoms. The van der Waals surface area contributed by atoms with Crippen LogP contribution >= 0.6 is 0 Å². The Hall–Kier alpha value is -2.23. The normalized spacial score (nSPS) is 10.0. The molecule has 2 aromatic rings. The van der Waals surface area contributed by atoms with Crippen molar-refractivity contribution in [2.75, 3.05) is 6.54 Å². The zero-order valence-electron chi connectivity index (χ0n) is 10.1. The molecule has 0 atom stereocenters. The quantitative estimate of drug-likeness (QED) is 0.849. The molecule has 18 heavy (non-hydrogen) atoms. The number of ether oxygens (including phenoxy) is 1. The molecule has 0 bridgehead atoms. The third kappa shape index (κ3) is 3.97. The Bertz CT molecular complexity index is 466. The van der Waals surface area contributed by atoms with Crippen LogP contribution in [0, 0.1) is 0 Å². The fourth-order valence-electron chi connectivity index (χ4n) is 1.60. The smallest absolute Gasteiger partial charge is 0.407 e. The van der Waals surface area contributed by atoms with E-state index in [1.54, 1.807) is 0 Å². The summed E-state index contributed by atoms with van der Waals surface area (Å²) in [6.07, 6.45) is 4.19. The van der Waals surface area contributed by atoms with Crippen molar-refractivity contribution in [2.24, 2.45) is 0 Å². The Morgan fingerprint density at radius 1 is 1.17 bits per heavy atom. The molecule has 0 fully saturated rings. The second kappa shape index (κ2) is 6.49. The summed E-state index contributed by atoms with van der Waals surface area (Å²) in [5, 5.41) is 2.72. The van der Waals surface area contributed by atoms with Crippen LogP contribution in [0.4, 0.5) is 4.79 Å². The number of carbonyl (C=O) groups excluding carboxylic acids is 1. The van der Waals surface area contributed by atoms with Gasteiger partial charge in [-0.25, -0.2) is 4.79 Å². The van der Waals surface area contributed by atoms with Gasteiger partial charge in [0.25, 0.3) is 0 Å². The van der Waals surface area contributed by atoms with Crippen molar-refractivity contribution in [3.8, 4) is 0 Å². The fraction of sp³-hybridized carbons (Fsp3) is 0.214. The first-order valence-corrected chi connectivity index (χ1v) is 5.91. The highest BCUT2D eigenvalue weighted by Crippen LogP contribution is 2.00. The molecule has 0 aliphatic carbocycles. The Morgan fingerprint density at radius 2 is 2.00 bits per heavy atom. The molecular formula is C14H16N2O2. The van der Waals surface area contributed by atoms with Crippen molar-refractivity contribution in [3.63, 3.8) is 0 Å². The summed E-state index contributed by atoms with van der Waals surface area (Å²) in [7, 11) is 0. The van der Waals surface area contributed by atoms with E-state index in [1.807, 2.05) is 48.8 Å². The van der Waals surface area contributed by atoms with E-state index in [0.29, 0.717) is 13.2 Å². The Labute approximate surface area is 106 Å². The third-order valence-corrected chi connectivity index (χ3v) is 2.56. The summed E-state index contributed by atoms with van der Waals surface area (Å²) in [5.41, 5.74) is 2.15. The van der Waals surface area contributed by atoms with Crippen LogP contribution in [0.1, 0.15) is 11.1 Å². The predicted molar refractivity (Wildman–Crippen MR) is 69.1 cm³/mol. The minimum Gasteiger partial charge on any atom is -0.445 e. The van der Waals surface area contributed by atoms with Gasteiger partial charge in [0.1, 0.15) is 6.61 Å². The molecule has 1 heterocycles. The number of hydrogen-bond acceptors (Lipinski definition) is 2. The topological polar surface area (TPSA) is 54.1 Å². The summed E-state index contributed by atoms with van der Waals surface area (Å²) in [6.45, 7) is 0.877. The second-order valence-electron chi connectivity index (χ2n) is 3.96. The lowest BCUT2D eigenvalue weighted by molar-refractivity contribution is 0.140. The average Bonchev–Trinajstić information content (AvgIpc) is 2.91. The molecule has 1 aromatic heterocycles. The van der Waals surface area contributed by atoms with Gasteiger partial charge >= 0.3 is 6.09 Å². The lowest BCUT2D eigenvalue weighted by Gasteiger charge is -2.06. The summed E-state index contributed by atoms with van der Waals surface area (Å²) in [4.78, 5) is 14.4. The van der Waals surface area contributed by atoms with Gasteiger partial charge in [-0.3, -0.25) is 0 Å². The Kier molecular flexibility index (Phi) is 4.41. The minimum atomic E-state index is -0.380. The lowest BCUT2D eigenvalue weighted by Crippen LogP contribution is -2.26. The maximum atomic E-state index is 11.4. The number of benzene rings is 1. The van der Waals surface area contributed by atoms with Crippen LogP contribution in [-0.4, -0.2) is 17.6 Å². The largest absolute Gasteiger partial charge is 0.445 e. The molecule has 0 aliphatic heterocycles. The van der Waals surface area contributed by atoms with Crippen LogP contribution in [0.15, 0.2) is 48.8 Å². The Morgan fingerprint density at radius 3 is 2.72 bits per heavy atom. The van der Waals surface area contributed by atoms with Crippen molar-refractivity contribution < 1.29 is 9.53 Å². The monoisotopic (exact) mass is 244 g/mol. The number of aromatic nitrogens is 1. The molecule has 0 spiro atoms. The van der Waals surface area contributed by atoms with Gasteiger partial charge in [-0.2, -0.15) is 0 Å². The highest BCUT2D eigenvalue weighted by Gasteiger charge is 2.02. The molecule has 0 radical (unpaired) electrons. The SMILES string of the molecule is O=C(NCCc1cc[nH]c1)OCc1ccccc1. The summed E-state index contributed by atoms with van der Waals surface area (Å²) in [6, 6.07) is 11.6. The van der Waals surface area contributed by atoms with Gasteiger partial charge in [-0.15, -0.1) is 0 Å². The molecule has 2 rings (SSSR count). The number of H-pyrrole nitrogens is 1. The highest BCUT2D eigenvalue weighted by molar-refractivity contribution is 5.67. The number of aromatic amines is 1. The molecule has 4 nitrogen and oxygen atoms in total. The molecule has 0 saturated carbocycles. The number of nitrogens with one attached hydrogen (secondary N) is 2. The van der Waals surface area contributed by atoms with Gasteiger partial charge in [0.05, 0.1) is 0 Å². The van der Waals surface area contributed by atoms with Crippen LogP contribution in [0.2, 0.25) is 0 Å². The summed E-state index contributed by atoms with van der Waals surface area (Å²) in [5.74, 6) is 0. The predicted octanol–water partition coefficient (Wildman–Crippen LogP) is 2.48. The van der Waals surface area contributed by atoms with Crippen molar-refractivity contribution >= 4 is 6.09 Å². The molecule has 0 unspecified atom stereocenters. The van der Waals surface area contributed by atoms with Gasteiger partial charge in [-0.05, 0) is 23.6 Å². The van der Waals surface area contributed by atoms with E-state index in [0.717, 1.165) is 12.0 Å². The van der Waals surface area contributed by atoms with Gasteiger partial charge in [-0.1, -0.05) is 30.3 Å². The van der Waals surface area contributed by atoms with Crippen LogP contribution in [0.25, 0.3) is 0 Å². The van der Waals surface area contributed by atoms with Crippen LogP contribution in [-0.2, 0) is 17.8 Å². The Balaban J connectivity index is 1.63. The van der Waals surface area contributed by atoms with Crippen molar-refractivity contribution in [1.82, 2.24) is 10.3 Å². The van der Waals surface area contributed by atoms with Crippen molar-refractivity contribution in [3.05, 3.63) is 59.9 Å². The van der Waals surface area contributed by atoms with E-state index in [1.165, 1.54) is 5.56 Å². The second-order valence-corrected chi connectivity index (χ2v) is 3.96. The van der Waals surface area contributed by atoms with E-state index < -0.39 is 0 Å². The summed E-state index contributed by atoms with van der Waals surface area (Å²) >= 11 is 0. The van der Waals surface area contributed by atoms with E-state index in [2.05, 4.69) is 10.3 Å². The van der Waals surface area contributed by atoms with Crippen LogP contribution in [0.3, 0.4) is 0 Å². The number of rotatable bonds is 5. The van der Waals surface area contributed by atoms with Gasteiger partial charge in [0.15, 0.2) is 0 Å². The molecule has 1 aromatic carbocycles. The van der Waals surface area contributed by atoms with Crippen molar-refractivity contribution in [2.45, 2.75) is 13.0 Å². The standard InChI is InChI=1S/C14H16N2O2/c17-14(16-9-7-12-6-8-15-10-12)18-11-13-4-2-1-3-5-13/h1-6,8,10,15H,7,9,11H2,(H,16,17). The first-order valence-electron chi connectivity index (χ1n) is 5.91. The first-order chi connectivity index (χ1) is 8.84. The average molecular weight is 244 g/mol. The third-order valence-electron chi connectivity index (χ3n) is 2.56. The molecule has 2 N–H and O–H groups in total. The van der Waals surface area contributed by atoms with Crippen molar-refractivity contribution in [1.29, 1.82) is 0 Å². The van der Waals surface area contributed by atoms with Crippen LogP contribution < -0.4 is 5.32 Å². The van der Waals surface area contributed by atoms with Gasteiger partial charge in [0.2, 0.25) is 0 Å². The maximum Gasteiger partial charge on any atom is 0.407 e. The van der Waals surface area contributed by atoms with E-state index in [-0.39, 0.29) is 6.09 Å². The molecule has 0 saturated heterocycles.